The van der Waals surface area contributed by atoms with E-state index in [1.807, 2.05) is 42.5 Å². The molecule has 0 fully saturated rings. The molecule has 0 atom stereocenters. The van der Waals surface area contributed by atoms with Crippen molar-refractivity contribution in [2.45, 2.75) is 13.3 Å². The van der Waals surface area contributed by atoms with E-state index in [9.17, 15) is 9.59 Å². The zero-order valence-corrected chi connectivity index (χ0v) is 14.6. The van der Waals surface area contributed by atoms with Crippen molar-refractivity contribution in [1.82, 2.24) is 0 Å². The number of carbonyl (C=O) groups excluding carboxylic acids is 2. The first-order chi connectivity index (χ1) is 12.1. The summed E-state index contributed by atoms with van der Waals surface area (Å²) >= 11 is 6.11. The van der Waals surface area contributed by atoms with Gasteiger partial charge >= 0.3 is 5.97 Å². The summed E-state index contributed by atoms with van der Waals surface area (Å²) in [5.41, 5.74) is 3.48. The first-order valence-electron chi connectivity index (χ1n) is 8.04. The summed E-state index contributed by atoms with van der Waals surface area (Å²) < 4.78 is 5.11. The monoisotopic (exact) mass is 355 g/mol. The SMILES string of the molecule is CC(=CC(=O)OCC(=O)N1CCc2ccccc21)c1ccccc1Cl. The molecular weight excluding hydrogens is 338 g/mol. The number of ether oxygens (including phenoxy) is 1. The molecule has 0 unspecified atom stereocenters. The molecule has 1 aliphatic rings. The molecule has 2 aromatic rings. The van der Waals surface area contributed by atoms with Gasteiger partial charge in [-0.05, 0) is 42.2 Å². The Hall–Kier alpha value is -2.59. The average molecular weight is 356 g/mol. The van der Waals surface area contributed by atoms with Crippen LogP contribution in [-0.4, -0.2) is 25.0 Å². The summed E-state index contributed by atoms with van der Waals surface area (Å²) in [7, 11) is 0. The molecule has 2 aromatic carbocycles. The molecule has 0 bridgehead atoms. The highest BCUT2D eigenvalue weighted by atomic mass is 35.5. The fourth-order valence-corrected chi connectivity index (χ4v) is 3.17. The van der Waals surface area contributed by atoms with E-state index in [1.54, 1.807) is 17.9 Å². The van der Waals surface area contributed by atoms with Crippen LogP contribution in [0.4, 0.5) is 5.69 Å². The van der Waals surface area contributed by atoms with Crippen molar-refractivity contribution in [3.05, 3.63) is 70.8 Å². The molecular formula is C20H18ClNO3. The number of fused-ring (bicyclic) bond motifs is 1. The van der Waals surface area contributed by atoms with Crippen LogP contribution >= 0.6 is 11.6 Å². The van der Waals surface area contributed by atoms with E-state index in [0.29, 0.717) is 17.1 Å². The maximum absolute atomic E-state index is 12.3. The third-order valence-corrected chi connectivity index (χ3v) is 4.49. The van der Waals surface area contributed by atoms with Gasteiger partial charge in [0.05, 0.1) is 0 Å². The second-order valence-electron chi connectivity index (χ2n) is 5.84. The average Bonchev–Trinajstić information content (AvgIpc) is 3.04. The first kappa shape index (κ1) is 17.2. The third-order valence-electron chi connectivity index (χ3n) is 4.16. The van der Waals surface area contributed by atoms with Gasteiger partial charge in [-0.25, -0.2) is 4.79 Å². The fourth-order valence-electron chi connectivity index (χ4n) is 2.89. The van der Waals surface area contributed by atoms with Crippen molar-refractivity contribution in [3.63, 3.8) is 0 Å². The zero-order chi connectivity index (χ0) is 17.8. The maximum atomic E-state index is 12.3. The largest absolute Gasteiger partial charge is 0.452 e. The number of amides is 1. The highest BCUT2D eigenvalue weighted by Gasteiger charge is 2.24. The second kappa shape index (κ2) is 7.53. The number of nitrogens with zero attached hydrogens (tertiary/aromatic N) is 1. The van der Waals surface area contributed by atoms with Crippen molar-refractivity contribution in [3.8, 4) is 0 Å². The second-order valence-corrected chi connectivity index (χ2v) is 6.25. The van der Waals surface area contributed by atoms with Crippen LogP contribution < -0.4 is 4.90 Å². The predicted molar refractivity (Wildman–Crippen MR) is 98.6 cm³/mol. The minimum Gasteiger partial charge on any atom is -0.452 e. The molecule has 0 aromatic heterocycles. The van der Waals surface area contributed by atoms with E-state index in [4.69, 9.17) is 16.3 Å². The third kappa shape index (κ3) is 3.91. The molecule has 0 N–H and O–H groups in total. The lowest BCUT2D eigenvalue weighted by atomic mass is 10.1. The normalized spacial score (nSPS) is 13.5. The van der Waals surface area contributed by atoms with E-state index in [1.165, 1.54) is 6.08 Å². The lowest BCUT2D eigenvalue weighted by Gasteiger charge is -2.16. The van der Waals surface area contributed by atoms with Crippen LogP contribution in [0, 0.1) is 0 Å². The summed E-state index contributed by atoms with van der Waals surface area (Å²) in [5.74, 6) is -0.777. The minimum atomic E-state index is -0.557. The Kier molecular flexibility index (Phi) is 5.19. The number of hydrogen-bond donors (Lipinski definition) is 0. The zero-order valence-electron chi connectivity index (χ0n) is 13.9. The Morgan fingerprint density at radius 3 is 2.68 bits per heavy atom. The molecule has 0 saturated carbocycles. The van der Waals surface area contributed by atoms with Crippen LogP contribution in [0.25, 0.3) is 5.57 Å². The van der Waals surface area contributed by atoms with Crippen molar-refractivity contribution in [2.24, 2.45) is 0 Å². The van der Waals surface area contributed by atoms with Crippen molar-refractivity contribution in [1.29, 1.82) is 0 Å². The van der Waals surface area contributed by atoms with Gasteiger partial charge in [0.2, 0.25) is 0 Å². The lowest BCUT2D eigenvalue weighted by molar-refractivity contribution is -0.142. The summed E-state index contributed by atoms with van der Waals surface area (Å²) in [6.07, 6.45) is 2.17. The van der Waals surface area contributed by atoms with Crippen molar-refractivity contribution < 1.29 is 14.3 Å². The smallest absolute Gasteiger partial charge is 0.331 e. The van der Waals surface area contributed by atoms with Gasteiger partial charge < -0.3 is 9.64 Å². The highest BCUT2D eigenvalue weighted by Crippen LogP contribution is 2.27. The van der Waals surface area contributed by atoms with Gasteiger partial charge in [0.15, 0.2) is 6.61 Å². The topological polar surface area (TPSA) is 46.6 Å². The van der Waals surface area contributed by atoms with Gasteiger partial charge in [0.1, 0.15) is 0 Å². The maximum Gasteiger partial charge on any atom is 0.331 e. The number of halogens is 1. The van der Waals surface area contributed by atoms with Crippen molar-refractivity contribution in [2.75, 3.05) is 18.1 Å². The fraction of sp³-hybridized carbons (Fsp3) is 0.200. The molecule has 5 heteroatoms. The summed E-state index contributed by atoms with van der Waals surface area (Å²) in [6, 6.07) is 15.0. The van der Waals surface area contributed by atoms with Crippen LogP contribution in [0.5, 0.6) is 0 Å². The molecule has 1 aliphatic heterocycles. The molecule has 0 radical (unpaired) electrons. The van der Waals surface area contributed by atoms with E-state index in [2.05, 4.69) is 0 Å². The van der Waals surface area contributed by atoms with Crippen molar-refractivity contribution >= 4 is 34.7 Å². The molecule has 0 spiro atoms. The van der Waals surface area contributed by atoms with Crippen LogP contribution in [0.3, 0.4) is 0 Å². The minimum absolute atomic E-state index is 0.220. The number of allylic oxidation sites excluding steroid dienone is 1. The Morgan fingerprint density at radius 1 is 1.16 bits per heavy atom. The first-order valence-corrected chi connectivity index (χ1v) is 8.42. The number of anilines is 1. The van der Waals surface area contributed by atoms with Gasteiger partial charge in [-0.15, -0.1) is 0 Å². The van der Waals surface area contributed by atoms with Crippen LogP contribution in [0.1, 0.15) is 18.1 Å². The summed E-state index contributed by atoms with van der Waals surface area (Å²) in [6.45, 7) is 2.12. The van der Waals surface area contributed by atoms with Gasteiger partial charge in [-0.2, -0.15) is 0 Å². The van der Waals surface area contributed by atoms with E-state index in [-0.39, 0.29) is 12.5 Å². The van der Waals surface area contributed by atoms with Crippen LogP contribution in [-0.2, 0) is 20.7 Å². The Bertz CT molecular complexity index is 844. The molecule has 128 valence electrons. The predicted octanol–water partition coefficient (Wildman–Crippen LogP) is 3.88. The van der Waals surface area contributed by atoms with Gasteiger partial charge in [-0.1, -0.05) is 48.0 Å². The van der Waals surface area contributed by atoms with Gasteiger partial charge in [-0.3, -0.25) is 4.79 Å². The quantitative estimate of drug-likeness (QED) is 0.617. The standard InChI is InChI=1S/C20H18ClNO3/c1-14(16-7-3-4-8-17(16)21)12-20(24)25-13-19(23)22-11-10-15-6-2-5-9-18(15)22/h2-9,12H,10-11,13H2,1H3. The summed E-state index contributed by atoms with van der Waals surface area (Å²) in [4.78, 5) is 26.0. The van der Waals surface area contributed by atoms with Gasteiger partial charge in [0.25, 0.3) is 5.91 Å². The number of benzene rings is 2. The van der Waals surface area contributed by atoms with Crippen LogP contribution in [0.2, 0.25) is 5.02 Å². The lowest BCUT2D eigenvalue weighted by Crippen LogP contribution is -2.33. The number of rotatable bonds is 4. The molecule has 1 amide bonds. The number of esters is 1. The Balaban J connectivity index is 1.60. The van der Waals surface area contributed by atoms with E-state index >= 15 is 0 Å². The number of carbonyl (C=O) groups is 2. The highest BCUT2D eigenvalue weighted by molar-refractivity contribution is 6.32. The number of para-hydroxylation sites is 1. The molecule has 1 heterocycles. The molecule has 0 saturated heterocycles. The van der Waals surface area contributed by atoms with Gasteiger partial charge in [0, 0.05) is 23.3 Å². The molecule has 25 heavy (non-hydrogen) atoms. The number of hydrogen-bond acceptors (Lipinski definition) is 3. The van der Waals surface area contributed by atoms with Crippen LogP contribution in [0.15, 0.2) is 54.6 Å². The Labute approximate surface area is 151 Å². The van der Waals surface area contributed by atoms with E-state index < -0.39 is 5.97 Å². The van der Waals surface area contributed by atoms with E-state index in [0.717, 1.165) is 23.2 Å². The molecule has 0 aliphatic carbocycles. The molecule has 4 nitrogen and oxygen atoms in total. The molecule has 3 rings (SSSR count). The summed E-state index contributed by atoms with van der Waals surface area (Å²) in [5, 5.41) is 0.564. The Morgan fingerprint density at radius 2 is 1.88 bits per heavy atom.